The van der Waals surface area contributed by atoms with Crippen molar-refractivity contribution >= 4 is 0 Å². The molecule has 9 heteroatoms. The van der Waals surface area contributed by atoms with Crippen LogP contribution in [0.2, 0.25) is 0 Å². The second-order valence-electron chi connectivity index (χ2n) is 5.68. The Morgan fingerprint density at radius 3 is 1.68 bits per heavy atom. The molecule has 2 nitrogen and oxygen atoms in total. The maximum absolute atomic E-state index is 14.2. The number of alkyl halides is 2. The van der Waals surface area contributed by atoms with Crippen LogP contribution in [0, 0.1) is 29.1 Å². The highest BCUT2D eigenvalue weighted by molar-refractivity contribution is 5.65. The summed E-state index contributed by atoms with van der Waals surface area (Å²) in [7, 11) is 0. The number of halogens is 7. The van der Waals surface area contributed by atoms with Crippen molar-refractivity contribution in [1.82, 2.24) is 0 Å². The number of phenolic OH excluding ortho intramolecular Hbond substituents is 1. The summed E-state index contributed by atoms with van der Waals surface area (Å²) in [5.41, 5.74) is -1.66. The fourth-order valence-corrected chi connectivity index (χ4v) is 2.46. The number of rotatable bonds is 4. The number of phenols is 1. The summed E-state index contributed by atoms with van der Waals surface area (Å²) < 4.78 is 100. The quantitative estimate of drug-likeness (QED) is 0.436. The van der Waals surface area contributed by atoms with Crippen molar-refractivity contribution in [2.24, 2.45) is 0 Å². The van der Waals surface area contributed by atoms with E-state index < -0.39 is 46.5 Å². The Hall–Kier alpha value is -3.23. The van der Waals surface area contributed by atoms with Gasteiger partial charge in [-0.1, -0.05) is 12.1 Å². The molecule has 0 amide bonds. The first-order valence-corrected chi connectivity index (χ1v) is 7.59. The lowest BCUT2D eigenvalue weighted by Crippen LogP contribution is -2.25. The monoisotopic (exact) mass is 402 g/mol. The van der Waals surface area contributed by atoms with E-state index in [2.05, 4.69) is 4.74 Å². The Balaban J connectivity index is 1.99. The average Bonchev–Trinajstić information content (AvgIpc) is 2.59. The lowest BCUT2D eigenvalue weighted by molar-refractivity contribution is -0.189. The van der Waals surface area contributed by atoms with Gasteiger partial charge in [0.1, 0.15) is 28.7 Å². The molecule has 0 atom stereocenters. The predicted molar refractivity (Wildman–Crippen MR) is 84.3 cm³/mol. The Labute approximate surface area is 153 Å². The standard InChI is InChI=1S/C19H9F7O2/c20-13-5-10(9-1-3-11(27)4-2-9)6-14(21)17(13)19(25,26)28-12-7-15(22)18(24)16(23)8-12/h1-8,27H. The van der Waals surface area contributed by atoms with Gasteiger partial charge in [0.15, 0.2) is 17.5 Å². The van der Waals surface area contributed by atoms with E-state index in [1.807, 2.05) is 0 Å². The molecule has 0 saturated heterocycles. The maximum atomic E-state index is 14.2. The highest BCUT2D eigenvalue weighted by Crippen LogP contribution is 2.37. The van der Waals surface area contributed by atoms with Gasteiger partial charge >= 0.3 is 6.11 Å². The number of hydrogen-bond donors (Lipinski definition) is 1. The molecule has 3 aromatic carbocycles. The first kappa shape index (κ1) is 19.5. The van der Waals surface area contributed by atoms with Crippen molar-refractivity contribution in [3.8, 4) is 22.6 Å². The molecular formula is C19H9F7O2. The largest absolute Gasteiger partial charge is 0.508 e. The summed E-state index contributed by atoms with van der Waals surface area (Å²) in [6, 6.07) is 6.52. The van der Waals surface area contributed by atoms with Crippen LogP contribution in [-0.4, -0.2) is 5.11 Å². The molecule has 0 bridgehead atoms. The van der Waals surface area contributed by atoms with Gasteiger partial charge in [0, 0.05) is 12.1 Å². The molecule has 0 heterocycles. The summed E-state index contributed by atoms with van der Waals surface area (Å²) in [5.74, 6) is -10.2. The van der Waals surface area contributed by atoms with Crippen LogP contribution in [0.3, 0.4) is 0 Å². The van der Waals surface area contributed by atoms with Crippen molar-refractivity contribution in [2.75, 3.05) is 0 Å². The first-order valence-electron chi connectivity index (χ1n) is 7.59. The zero-order chi connectivity index (χ0) is 20.6. The highest BCUT2D eigenvalue weighted by Gasteiger charge is 2.41. The summed E-state index contributed by atoms with van der Waals surface area (Å²) in [5, 5.41) is 9.22. The number of benzene rings is 3. The molecule has 1 N–H and O–H groups in total. The number of aromatic hydroxyl groups is 1. The molecule has 28 heavy (non-hydrogen) atoms. The Morgan fingerprint density at radius 1 is 0.679 bits per heavy atom. The lowest BCUT2D eigenvalue weighted by atomic mass is 10.0. The smallest absolute Gasteiger partial charge is 0.432 e. The molecule has 0 saturated carbocycles. The molecule has 0 radical (unpaired) electrons. The van der Waals surface area contributed by atoms with Gasteiger partial charge in [-0.3, -0.25) is 0 Å². The summed E-state index contributed by atoms with van der Waals surface area (Å²) in [6.07, 6.45) is -4.65. The van der Waals surface area contributed by atoms with Gasteiger partial charge in [0.25, 0.3) is 0 Å². The molecule has 3 rings (SSSR count). The third-order valence-electron chi connectivity index (χ3n) is 3.74. The van der Waals surface area contributed by atoms with Crippen LogP contribution in [0.25, 0.3) is 11.1 Å². The maximum Gasteiger partial charge on any atom is 0.432 e. The Morgan fingerprint density at radius 2 is 1.18 bits per heavy atom. The molecule has 3 aromatic rings. The van der Waals surface area contributed by atoms with Gasteiger partial charge < -0.3 is 9.84 Å². The van der Waals surface area contributed by atoms with Crippen molar-refractivity contribution in [2.45, 2.75) is 6.11 Å². The topological polar surface area (TPSA) is 29.5 Å². The Bertz CT molecular complexity index is 987. The van der Waals surface area contributed by atoms with E-state index in [9.17, 15) is 35.8 Å². The van der Waals surface area contributed by atoms with E-state index in [-0.39, 0.29) is 29.0 Å². The first-order chi connectivity index (χ1) is 13.1. The van der Waals surface area contributed by atoms with Gasteiger partial charge in [-0.15, -0.1) is 0 Å². The molecule has 0 aliphatic rings. The SMILES string of the molecule is Oc1ccc(-c2cc(F)c(C(F)(F)Oc3cc(F)c(F)c(F)c3)c(F)c2)cc1. The van der Waals surface area contributed by atoms with Crippen molar-refractivity contribution in [3.63, 3.8) is 0 Å². The molecular weight excluding hydrogens is 393 g/mol. The van der Waals surface area contributed by atoms with Crippen LogP contribution >= 0.6 is 0 Å². The minimum Gasteiger partial charge on any atom is -0.508 e. The molecule has 0 aliphatic heterocycles. The second kappa shape index (κ2) is 7.06. The van der Waals surface area contributed by atoms with Crippen LogP contribution in [0.4, 0.5) is 30.7 Å². The predicted octanol–water partition coefficient (Wildman–Crippen LogP) is 5.88. The number of hydrogen-bond acceptors (Lipinski definition) is 2. The summed E-state index contributed by atoms with van der Waals surface area (Å²) in [6.45, 7) is 0. The van der Waals surface area contributed by atoms with Crippen molar-refractivity contribution in [3.05, 3.63) is 83.2 Å². The Kier molecular flexibility index (Phi) is 4.93. The highest BCUT2D eigenvalue weighted by atomic mass is 19.3. The van der Waals surface area contributed by atoms with Crippen LogP contribution in [-0.2, 0) is 6.11 Å². The zero-order valence-corrected chi connectivity index (χ0v) is 13.6. The van der Waals surface area contributed by atoms with E-state index in [1.165, 1.54) is 24.3 Å². The van der Waals surface area contributed by atoms with Crippen LogP contribution in [0.15, 0.2) is 48.5 Å². The average molecular weight is 402 g/mol. The molecule has 0 aliphatic carbocycles. The van der Waals surface area contributed by atoms with Gasteiger partial charge in [0.05, 0.1) is 0 Å². The minimum atomic E-state index is -4.65. The molecule has 0 aromatic heterocycles. The fourth-order valence-electron chi connectivity index (χ4n) is 2.46. The van der Waals surface area contributed by atoms with Crippen molar-refractivity contribution < 1.29 is 40.6 Å². The molecule has 0 fully saturated rings. The second-order valence-corrected chi connectivity index (χ2v) is 5.68. The van der Waals surface area contributed by atoms with Crippen LogP contribution < -0.4 is 4.74 Å². The van der Waals surface area contributed by atoms with Gasteiger partial charge in [0.2, 0.25) is 0 Å². The van der Waals surface area contributed by atoms with E-state index in [4.69, 9.17) is 0 Å². The van der Waals surface area contributed by atoms with Gasteiger partial charge in [-0.25, -0.2) is 22.0 Å². The lowest BCUT2D eigenvalue weighted by Gasteiger charge is -2.20. The van der Waals surface area contributed by atoms with Gasteiger partial charge in [-0.2, -0.15) is 8.78 Å². The minimum absolute atomic E-state index is 0.103. The third kappa shape index (κ3) is 3.73. The van der Waals surface area contributed by atoms with E-state index >= 15 is 0 Å². The van der Waals surface area contributed by atoms with Crippen LogP contribution in [0.5, 0.6) is 11.5 Å². The van der Waals surface area contributed by atoms with E-state index in [0.29, 0.717) is 12.1 Å². The fraction of sp³-hybridized carbons (Fsp3) is 0.0526. The zero-order valence-electron chi connectivity index (χ0n) is 13.6. The summed E-state index contributed by atoms with van der Waals surface area (Å²) in [4.78, 5) is 0. The summed E-state index contributed by atoms with van der Waals surface area (Å²) >= 11 is 0. The van der Waals surface area contributed by atoms with E-state index in [0.717, 1.165) is 0 Å². The van der Waals surface area contributed by atoms with Gasteiger partial charge in [-0.05, 0) is 35.4 Å². The van der Waals surface area contributed by atoms with Crippen molar-refractivity contribution in [1.29, 1.82) is 0 Å². The molecule has 0 spiro atoms. The number of ether oxygens (including phenoxy) is 1. The normalized spacial score (nSPS) is 11.5. The van der Waals surface area contributed by atoms with Crippen LogP contribution in [0.1, 0.15) is 5.56 Å². The molecule has 0 unspecified atom stereocenters. The third-order valence-corrected chi connectivity index (χ3v) is 3.74. The van der Waals surface area contributed by atoms with E-state index in [1.54, 1.807) is 0 Å². The molecule has 146 valence electrons.